The molecular formula is C13H22N2S. The quantitative estimate of drug-likeness (QED) is 0.823. The average molecular weight is 238 g/mol. The van der Waals surface area contributed by atoms with Gasteiger partial charge in [-0.15, -0.1) is 11.3 Å². The largest absolute Gasteiger partial charge is 0.317 e. The lowest BCUT2D eigenvalue weighted by molar-refractivity contribution is 0.323. The van der Waals surface area contributed by atoms with Gasteiger partial charge in [-0.05, 0) is 24.9 Å². The number of nitrogens with one attached hydrogen (secondary N) is 1. The van der Waals surface area contributed by atoms with Gasteiger partial charge in [0.05, 0.1) is 5.01 Å². The minimum Gasteiger partial charge on any atom is -0.317 e. The van der Waals surface area contributed by atoms with Gasteiger partial charge >= 0.3 is 0 Å². The lowest BCUT2D eigenvalue weighted by Gasteiger charge is -2.22. The zero-order valence-electron chi connectivity index (χ0n) is 10.1. The van der Waals surface area contributed by atoms with Gasteiger partial charge in [0.2, 0.25) is 0 Å². The van der Waals surface area contributed by atoms with Gasteiger partial charge in [0.25, 0.3) is 0 Å². The van der Waals surface area contributed by atoms with E-state index in [1.165, 1.54) is 43.7 Å². The topological polar surface area (TPSA) is 24.9 Å². The maximum absolute atomic E-state index is 4.43. The summed E-state index contributed by atoms with van der Waals surface area (Å²) in [5.41, 5.74) is 0. The minimum absolute atomic E-state index is 0.800. The molecule has 0 radical (unpaired) electrons. The van der Waals surface area contributed by atoms with Crippen LogP contribution in [-0.4, -0.2) is 18.1 Å². The molecule has 0 amide bonds. The van der Waals surface area contributed by atoms with Crippen LogP contribution in [0.1, 0.15) is 37.6 Å². The highest BCUT2D eigenvalue weighted by Crippen LogP contribution is 2.33. The Bertz CT molecular complexity index is 278. The van der Waals surface area contributed by atoms with E-state index in [2.05, 4.69) is 22.6 Å². The number of thiazole rings is 1. The van der Waals surface area contributed by atoms with Crippen LogP contribution in [0.25, 0.3) is 0 Å². The Balaban J connectivity index is 1.90. The second-order valence-electron chi connectivity index (χ2n) is 4.74. The molecule has 1 heterocycles. The summed E-state index contributed by atoms with van der Waals surface area (Å²) >= 11 is 1.80. The second-order valence-corrected chi connectivity index (χ2v) is 5.72. The number of aromatic nitrogens is 1. The Labute approximate surface area is 102 Å². The first-order valence-corrected chi connectivity index (χ1v) is 7.37. The summed E-state index contributed by atoms with van der Waals surface area (Å²) in [4.78, 5) is 4.43. The Morgan fingerprint density at radius 1 is 1.50 bits per heavy atom. The molecule has 1 saturated carbocycles. The number of nitrogens with zero attached hydrogens (tertiary/aromatic N) is 1. The van der Waals surface area contributed by atoms with Crippen molar-refractivity contribution >= 4 is 11.3 Å². The Morgan fingerprint density at radius 2 is 2.31 bits per heavy atom. The average Bonchev–Trinajstić information content (AvgIpc) is 2.96. The predicted molar refractivity (Wildman–Crippen MR) is 69.8 cm³/mol. The highest BCUT2D eigenvalue weighted by molar-refractivity contribution is 7.09. The van der Waals surface area contributed by atoms with Crippen molar-refractivity contribution in [3.63, 3.8) is 0 Å². The number of hydrogen-bond acceptors (Lipinski definition) is 3. The molecule has 0 spiro atoms. The van der Waals surface area contributed by atoms with Crippen LogP contribution >= 0.6 is 11.3 Å². The maximum atomic E-state index is 4.43. The summed E-state index contributed by atoms with van der Waals surface area (Å²) in [7, 11) is 0. The molecule has 1 aromatic heterocycles. The molecule has 0 bridgehead atoms. The zero-order chi connectivity index (χ0) is 11.2. The molecule has 1 atom stereocenters. The molecule has 90 valence electrons. The van der Waals surface area contributed by atoms with E-state index in [1.54, 1.807) is 11.3 Å². The molecule has 1 aliphatic rings. The molecule has 0 aliphatic heterocycles. The molecule has 1 aromatic rings. The minimum atomic E-state index is 0.800. The summed E-state index contributed by atoms with van der Waals surface area (Å²) in [5, 5.41) is 6.92. The summed E-state index contributed by atoms with van der Waals surface area (Å²) < 4.78 is 0. The van der Waals surface area contributed by atoms with Crippen molar-refractivity contribution in [3.05, 3.63) is 16.6 Å². The first-order valence-electron chi connectivity index (χ1n) is 6.49. The lowest BCUT2D eigenvalue weighted by Crippen LogP contribution is -2.28. The standard InChI is InChI=1S/C13H22N2S/c1-2-14-10-12(11-5-3-4-6-11)9-13-15-7-8-16-13/h7-8,11-12,14H,2-6,9-10H2,1H3. The SMILES string of the molecule is CCNCC(Cc1nccs1)C1CCCC1. The van der Waals surface area contributed by atoms with Crippen molar-refractivity contribution in [2.45, 2.75) is 39.0 Å². The summed E-state index contributed by atoms with van der Waals surface area (Å²) in [5.74, 6) is 1.73. The van der Waals surface area contributed by atoms with Crippen molar-refractivity contribution in [1.29, 1.82) is 0 Å². The molecule has 0 aromatic carbocycles. The van der Waals surface area contributed by atoms with Gasteiger partial charge in [0.15, 0.2) is 0 Å². The normalized spacial score (nSPS) is 19.1. The van der Waals surface area contributed by atoms with Gasteiger partial charge in [0.1, 0.15) is 0 Å². The fourth-order valence-corrected chi connectivity index (χ4v) is 3.45. The number of rotatable bonds is 6. The van der Waals surface area contributed by atoms with Crippen molar-refractivity contribution in [2.24, 2.45) is 11.8 Å². The third-order valence-electron chi connectivity index (χ3n) is 3.64. The Kier molecular flexibility index (Phi) is 4.79. The molecule has 0 saturated heterocycles. The Hall–Kier alpha value is -0.410. The van der Waals surface area contributed by atoms with Crippen LogP contribution in [0.2, 0.25) is 0 Å². The molecule has 1 aliphatic carbocycles. The van der Waals surface area contributed by atoms with Gasteiger partial charge in [-0.3, -0.25) is 0 Å². The fourth-order valence-electron chi connectivity index (χ4n) is 2.74. The molecule has 2 rings (SSSR count). The first kappa shape index (κ1) is 12.1. The predicted octanol–water partition coefficient (Wildman–Crippen LogP) is 3.10. The van der Waals surface area contributed by atoms with Crippen LogP contribution in [0.5, 0.6) is 0 Å². The fraction of sp³-hybridized carbons (Fsp3) is 0.769. The molecule has 16 heavy (non-hydrogen) atoms. The molecule has 3 heteroatoms. The van der Waals surface area contributed by atoms with E-state index >= 15 is 0 Å². The molecule has 2 nitrogen and oxygen atoms in total. The monoisotopic (exact) mass is 238 g/mol. The van der Waals surface area contributed by atoms with Crippen molar-refractivity contribution in [1.82, 2.24) is 10.3 Å². The van der Waals surface area contributed by atoms with Gasteiger partial charge in [-0.25, -0.2) is 4.98 Å². The summed E-state index contributed by atoms with van der Waals surface area (Å²) in [6.45, 7) is 4.44. The van der Waals surface area contributed by atoms with Crippen molar-refractivity contribution < 1.29 is 0 Å². The van der Waals surface area contributed by atoms with Crippen LogP contribution in [0.4, 0.5) is 0 Å². The Morgan fingerprint density at radius 3 is 2.94 bits per heavy atom. The van der Waals surface area contributed by atoms with E-state index in [4.69, 9.17) is 0 Å². The van der Waals surface area contributed by atoms with E-state index in [0.29, 0.717) is 0 Å². The van der Waals surface area contributed by atoms with Gasteiger partial charge in [-0.1, -0.05) is 32.6 Å². The molecular weight excluding hydrogens is 216 g/mol. The van der Waals surface area contributed by atoms with Crippen LogP contribution in [0.3, 0.4) is 0 Å². The molecule has 1 N–H and O–H groups in total. The van der Waals surface area contributed by atoms with Gasteiger partial charge in [0, 0.05) is 18.0 Å². The second kappa shape index (κ2) is 6.36. The van der Waals surface area contributed by atoms with Gasteiger partial charge in [-0.2, -0.15) is 0 Å². The lowest BCUT2D eigenvalue weighted by atomic mass is 9.88. The first-order chi connectivity index (χ1) is 7.90. The van der Waals surface area contributed by atoms with Crippen LogP contribution in [0, 0.1) is 11.8 Å². The van der Waals surface area contributed by atoms with Crippen LogP contribution in [-0.2, 0) is 6.42 Å². The highest BCUT2D eigenvalue weighted by atomic mass is 32.1. The van der Waals surface area contributed by atoms with E-state index in [9.17, 15) is 0 Å². The van der Waals surface area contributed by atoms with Crippen LogP contribution in [0.15, 0.2) is 11.6 Å². The highest BCUT2D eigenvalue weighted by Gasteiger charge is 2.25. The van der Waals surface area contributed by atoms with Gasteiger partial charge < -0.3 is 5.32 Å². The summed E-state index contributed by atoms with van der Waals surface area (Å²) in [6.07, 6.45) is 8.84. The van der Waals surface area contributed by atoms with Crippen LogP contribution < -0.4 is 5.32 Å². The third-order valence-corrected chi connectivity index (χ3v) is 4.45. The zero-order valence-corrected chi connectivity index (χ0v) is 10.9. The van der Waals surface area contributed by atoms with E-state index in [0.717, 1.165) is 18.4 Å². The van der Waals surface area contributed by atoms with E-state index < -0.39 is 0 Å². The van der Waals surface area contributed by atoms with Crippen molar-refractivity contribution in [3.8, 4) is 0 Å². The molecule has 1 fully saturated rings. The molecule has 1 unspecified atom stereocenters. The third kappa shape index (κ3) is 3.29. The summed E-state index contributed by atoms with van der Waals surface area (Å²) in [6, 6.07) is 0. The van der Waals surface area contributed by atoms with Crippen molar-refractivity contribution in [2.75, 3.05) is 13.1 Å². The smallest absolute Gasteiger partial charge is 0.0928 e. The van der Waals surface area contributed by atoms with E-state index in [-0.39, 0.29) is 0 Å². The van der Waals surface area contributed by atoms with E-state index in [1.807, 2.05) is 6.20 Å². The maximum Gasteiger partial charge on any atom is 0.0928 e. The number of hydrogen-bond donors (Lipinski definition) is 1.